The van der Waals surface area contributed by atoms with E-state index in [1.54, 1.807) is 0 Å². The minimum Gasteiger partial charge on any atom is -0.355 e. The molecular formula is C42H27N3. The van der Waals surface area contributed by atoms with Crippen LogP contribution in [0.5, 0.6) is 0 Å². The summed E-state index contributed by atoms with van der Waals surface area (Å²) in [5, 5.41) is 7.51. The number of rotatable bonds is 3. The van der Waals surface area contributed by atoms with Gasteiger partial charge in [0.05, 0.1) is 22.1 Å². The molecule has 0 saturated carbocycles. The fraction of sp³-hybridized carbons (Fsp3) is 0. The Hall–Kier alpha value is -6.06. The van der Waals surface area contributed by atoms with Gasteiger partial charge in [-0.25, -0.2) is 0 Å². The van der Waals surface area contributed by atoms with Gasteiger partial charge in [0, 0.05) is 54.7 Å². The van der Waals surface area contributed by atoms with Gasteiger partial charge in [-0.2, -0.15) is 0 Å². The van der Waals surface area contributed by atoms with Crippen LogP contribution in [0.3, 0.4) is 0 Å². The van der Waals surface area contributed by atoms with Crippen LogP contribution in [0.25, 0.3) is 87.9 Å². The monoisotopic (exact) mass is 573 g/mol. The van der Waals surface area contributed by atoms with Gasteiger partial charge in [0.1, 0.15) is 0 Å². The number of benzene rings is 7. The van der Waals surface area contributed by atoms with Crippen LogP contribution in [0.2, 0.25) is 0 Å². The third-order valence-corrected chi connectivity index (χ3v) is 9.44. The van der Waals surface area contributed by atoms with Gasteiger partial charge in [0.15, 0.2) is 0 Å². The molecule has 3 heteroatoms. The molecule has 0 spiro atoms. The molecular weight excluding hydrogens is 546 g/mol. The molecule has 3 aromatic heterocycles. The summed E-state index contributed by atoms with van der Waals surface area (Å²) in [5.41, 5.74) is 11.9. The molecule has 7 aromatic carbocycles. The van der Waals surface area contributed by atoms with Crippen LogP contribution in [-0.4, -0.2) is 14.1 Å². The zero-order chi connectivity index (χ0) is 29.5. The van der Waals surface area contributed by atoms with Gasteiger partial charge in [0.2, 0.25) is 0 Å². The number of H-pyrrole nitrogens is 1. The Morgan fingerprint density at radius 2 is 0.867 bits per heavy atom. The lowest BCUT2D eigenvalue weighted by atomic mass is 10.0. The number of fused-ring (bicyclic) bond motifs is 9. The minimum atomic E-state index is 1.16. The lowest BCUT2D eigenvalue weighted by Crippen LogP contribution is -1.96. The smallest absolute Gasteiger partial charge is 0.0547 e. The number of nitrogens with zero attached hydrogens (tertiary/aromatic N) is 2. The van der Waals surface area contributed by atoms with E-state index < -0.39 is 0 Å². The molecule has 0 amide bonds. The molecule has 0 aliphatic carbocycles. The Bertz CT molecular complexity index is 2760. The molecule has 0 radical (unpaired) electrons. The molecule has 0 saturated heterocycles. The standard InChI is InChI=1S/C42H27N3/c1-2-10-27(11-3-1)28-18-21-34-32-13-5-8-16-39(32)45(42(34)24-28)30-20-23-41-36(26-30)33-14-6-9-17-40(33)44(41)29-19-22-38-35(25-29)31-12-4-7-15-37(31)43-38/h1-26,43H. The second-order valence-electron chi connectivity index (χ2n) is 11.9. The van der Waals surface area contributed by atoms with Gasteiger partial charge in [-0.1, -0.05) is 97.1 Å². The molecule has 0 fully saturated rings. The van der Waals surface area contributed by atoms with Crippen molar-refractivity contribution < 1.29 is 0 Å². The first-order valence-corrected chi connectivity index (χ1v) is 15.4. The van der Waals surface area contributed by atoms with Crippen LogP contribution in [0.4, 0.5) is 0 Å². The van der Waals surface area contributed by atoms with E-state index in [0.717, 1.165) is 22.4 Å². The quantitative estimate of drug-likeness (QED) is 0.218. The first-order valence-electron chi connectivity index (χ1n) is 15.4. The first kappa shape index (κ1) is 24.4. The van der Waals surface area contributed by atoms with Gasteiger partial charge in [-0.15, -0.1) is 0 Å². The highest BCUT2D eigenvalue weighted by Crippen LogP contribution is 2.39. The van der Waals surface area contributed by atoms with Crippen LogP contribution in [0.15, 0.2) is 158 Å². The maximum Gasteiger partial charge on any atom is 0.0547 e. The summed E-state index contributed by atoms with van der Waals surface area (Å²) >= 11 is 0. The fourth-order valence-corrected chi connectivity index (χ4v) is 7.41. The summed E-state index contributed by atoms with van der Waals surface area (Å²) in [5.74, 6) is 0. The highest BCUT2D eigenvalue weighted by atomic mass is 15.0. The molecule has 210 valence electrons. The van der Waals surface area contributed by atoms with Crippen LogP contribution in [-0.2, 0) is 0 Å². The molecule has 3 nitrogen and oxygen atoms in total. The molecule has 0 unspecified atom stereocenters. The van der Waals surface area contributed by atoms with Crippen molar-refractivity contribution in [2.24, 2.45) is 0 Å². The van der Waals surface area contributed by atoms with Crippen LogP contribution in [0.1, 0.15) is 0 Å². The SMILES string of the molecule is c1ccc(-c2ccc3c4ccccc4n(-c4ccc5c(c4)c4ccccc4n5-c4ccc5[nH]c6ccccc6c5c4)c3c2)cc1. The molecule has 0 atom stereocenters. The number of aromatic nitrogens is 3. The Kier molecular flexibility index (Phi) is 5.00. The summed E-state index contributed by atoms with van der Waals surface area (Å²) in [7, 11) is 0. The topological polar surface area (TPSA) is 25.6 Å². The van der Waals surface area contributed by atoms with Crippen molar-refractivity contribution in [3.05, 3.63) is 158 Å². The first-order chi connectivity index (χ1) is 22.3. The highest BCUT2D eigenvalue weighted by molar-refractivity contribution is 6.13. The van der Waals surface area contributed by atoms with Gasteiger partial charge in [0.25, 0.3) is 0 Å². The van der Waals surface area contributed by atoms with E-state index in [2.05, 4.69) is 172 Å². The summed E-state index contributed by atoms with van der Waals surface area (Å²) in [6.07, 6.45) is 0. The van der Waals surface area contributed by atoms with E-state index in [0.29, 0.717) is 0 Å². The van der Waals surface area contributed by atoms with Crippen molar-refractivity contribution in [1.82, 2.24) is 14.1 Å². The van der Waals surface area contributed by atoms with Crippen molar-refractivity contribution >= 4 is 65.4 Å². The van der Waals surface area contributed by atoms with Gasteiger partial charge in [-0.05, 0) is 71.8 Å². The molecule has 0 aliphatic heterocycles. The van der Waals surface area contributed by atoms with E-state index in [-0.39, 0.29) is 0 Å². The second kappa shape index (κ2) is 9.22. The van der Waals surface area contributed by atoms with Crippen molar-refractivity contribution in [3.8, 4) is 22.5 Å². The third-order valence-electron chi connectivity index (χ3n) is 9.44. The van der Waals surface area contributed by atoms with Gasteiger partial charge < -0.3 is 14.1 Å². The molecule has 45 heavy (non-hydrogen) atoms. The highest BCUT2D eigenvalue weighted by Gasteiger charge is 2.17. The number of hydrogen-bond acceptors (Lipinski definition) is 0. The predicted molar refractivity (Wildman–Crippen MR) is 190 cm³/mol. The number of aromatic amines is 1. The third kappa shape index (κ3) is 3.52. The van der Waals surface area contributed by atoms with E-state index in [9.17, 15) is 0 Å². The Balaban J connectivity index is 1.24. The number of nitrogens with one attached hydrogen (secondary N) is 1. The lowest BCUT2D eigenvalue weighted by molar-refractivity contribution is 1.17. The van der Waals surface area contributed by atoms with Crippen molar-refractivity contribution in [2.45, 2.75) is 0 Å². The zero-order valence-corrected chi connectivity index (χ0v) is 24.4. The zero-order valence-electron chi connectivity index (χ0n) is 24.4. The molecule has 3 heterocycles. The van der Waals surface area contributed by atoms with E-state index in [4.69, 9.17) is 0 Å². The second-order valence-corrected chi connectivity index (χ2v) is 11.9. The van der Waals surface area contributed by atoms with E-state index in [1.165, 1.54) is 65.5 Å². The van der Waals surface area contributed by atoms with Crippen LogP contribution >= 0.6 is 0 Å². The van der Waals surface area contributed by atoms with Crippen LogP contribution < -0.4 is 0 Å². The molecule has 10 aromatic rings. The van der Waals surface area contributed by atoms with Gasteiger partial charge in [-0.3, -0.25) is 0 Å². The van der Waals surface area contributed by atoms with Crippen molar-refractivity contribution in [2.75, 3.05) is 0 Å². The van der Waals surface area contributed by atoms with Gasteiger partial charge >= 0.3 is 0 Å². The average Bonchev–Trinajstić information content (AvgIpc) is 3.75. The lowest BCUT2D eigenvalue weighted by Gasteiger charge is -2.11. The van der Waals surface area contributed by atoms with E-state index in [1.807, 2.05) is 0 Å². The molecule has 1 N–H and O–H groups in total. The maximum atomic E-state index is 3.58. The average molecular weight is 574 g/mol. The summed E-state index contributed by atoms with van der Waals surface area (Å²) in [6, 6.07) is 57.3. The Labute approximate surface area is 259 Å². The Morgan fingerprint density at radius 1 is 0.311 bits per heavy atom. The molecule has 10 rings (SSSR count). The van der Waals surface area contributed by atoms with E-state index >= 15 is 0 Å². The minimum absolute atomic E-state index is 1.16. The fourth-order valence-electron chi connectivity index (χ4n) is 7.41. The summed E-state index contributed by atoms with van der Waals surface area (Å²) in [4.78, 5) is 3.58. The predicted octanol–water partition coefficient (Wildman–Crippen LogP) is 11.2. The number of hydrogen-bond donors (Lipinski definition) is 1. The summed E-state index contributed by atoms with van der Waals surface area (Å²) in [6.45, 7) is 0. The number of para-hydroxylation sites is 3. The van der Waals surface area contributed by atoms with Crippen molar-refractivity contribution in [1.29, 1.82) is 0 Å². The Morgan fingerprint density at radius 3 is 1.67 bits per heavy atom. The largest absolute Gasteiger partial charge is 0.355 e. The molecule has 0 aliphatic rings. The van der Waals surface area contributed by atoms with Crippen molar-refractivity contribution in [3.63, 3.8) is 0 Å². The van der Waals surface area contributed by atoms with Crippen LogP contribution in [0, 0.1) is 0 Å². The molecule has 0 bridgehead atoms. The maximum absolute atomic E-state index is 3.58. The normalized spacial score (nSPS) is 12.0. The summed E-state index contributed by atoms with van der Waals surface area (Å²) < 4.78 is 4.84.